The van der Waals surface area contributed by atoms with Crippen molar-refractivity contribution in [2.24, 2.45) is 0 Å². The lowest BCUT2D eigenvalue weighted by Gasteiger charge is -2.41. The standard InChI is InChI=1S/C72H127NO10/c1-4-7-10-13-16-19-22-25-27-28-29-30-31-32-33-34-35-36-37-38-39-42-45-48-51-54-57-60-67(77)83-70-69(79)68(78)66(61-74)82-72(70)81-62-63(64(75)58-55-52-49-46-43-40-24-21-18-15-12-9-6-3)73-71(80)65(76)59-56-53-50-47-44-41-26-23-20-17-14-11-8-5-2/h8,11,14,16-17,19-20,23,25,27,29-30,55,58,63-66,68-70,72,74-76,78-79H,4-7,9-10,12-13,15,18,21-22,24,26,28,31-54,56-57,59-62H2,1-3H3,(H,73,80)/b11-8+,17-14+,19-16-,23-20+,27-25-,30-29-,58-55+. The molecule has 1 amide bonds. The van der Waals surface area contributed by atoms with Gasteiger partial charge < -0.3 is 45.1 Å². The second-order valence-electron chi connectivity index (χ2n) is 23.6. The zero-order valence-electron chi connectivity index (χ0n) is 53.3. The Hall–Kier alpha value is -3.16. The molecule has 8 atom stereocenters. The lowest BCUT2D eigenvalue weighted by atomic mass is 9.99. The maximum atomic E-state index is 13.4. The van der Waals surface area contributed by atoms with Crippen LogP contribution in [-0.2, 0) is 23.8 Å². The number of aliphatic hydroxyl groups excluding tert-OH is 5. The topological polar surface area (TPSA) is 175 Å². The summed E-state index contributed by atoms with van der Waals surface area (Å²) < 4.78 is 17.7. The highest BCUT2D eigenvalue weighted by Gasteiger charge is 2.47. The molecule has 480 valence electrons. The lowest BCUT2D eigenvalue weighted by molar-refractivity contribution is -0.305. The van der Waals surface area contributed by atoms with Gasteiger partial charge in [0.2, 0.25) is 5.91 Å². The number of carbonyl (C=O) groups excluding carboxylic acids is 2. The van der Waals surface area contributed by atoms with Gasteiger partial charge in [0.25, 0.3) is 0 Å². The molecule has 0 radical (unpaired) electrons. The van der Waals surface area contributed by atoms with Crippen molar-refractivity contribution < 1.29 is 49.3 Å². The molecular formula is C72H127NO10. The van der Waals surface area contributed by atoms with Gasteiger partial charge in [-0.05, 0) is 83.5 Å². The Morgan fingerprint density at radius 3 is 1.42 bits per heavy atom. The number of unbranched alkanes of at least 4 members (excludes halogenated alkanes) is 34. The number of esters is 1. The van der Waals surface area contributed by atoms with Gasteiger partial charge in [-0.1, -0.05) is 292 Å². The molecule has 1 fully saturated rings. The minimum atomic E-state index is -1.62. The van der Waals surface area contributed by atoms with E-state index in [4.69, 9.17) is 14.2 Å². The normalized spacial score (nSPS) is 19.1. The number of rotatable bonds is 58. The largest absolute Gasteiger partial charge is 0.454 e. The summed E-state index contributed by atoms with van der Waals surface area (Å²) in [4.78, 5) is 26.6. The van der Waals surface area contributed by atoms with Crippen molar-refractivity contribution in [2.45, 2.75) is 346 Å². The van der Waals surface area contributed by atoms with Crippen molar-refractivity contribution in [1.29, 1.82) is 0 Å². The first-order valence-electron chi connectivity index (χ1n) is 34.4. The van der Waals surface area contributed by atoms with Crippen LogP contribution in [0.3, 0.4) is 0 Å². The molecular weight excluding hydrogens is 1040 g/mol. The Balaban J connectivity index is 2.56. The van der Waals surface area contributed by atoms with Crippen LogP contribution in [-0.4, -0.2) is 99.6 Å². The number of hydrogen-bond donors (Lipinski definition) is 6. The Bertz CT molecular complexity index is 1670. The van der Waals surface area contributed by atoms with E-state index >= 15 is 0 Å². The number of aliphatic hydroxyl groups is 5. The second-order valence-corrected chi connectivity index (χ2v) is 23.6. The van der Waals surface area contributed by atoms with Crippen LogP contribution in [0.5, 0.6) is 0 Å². The van der Waals surface area contributed by atoms with Gasteiger partial charge in [-0.3, -0.25) is 9.59 Å². The zero-order chi connectivity index (χ0) is 60.3. The van der Waals surface area contributed by atoms with Crippen molar-refractivity contribution in [3.05, 3.63) is 85.1 Å². The fourth-order valence-corrected chi connectivity index (χ4v) is 10.4. The van der Waals surface area contributed by atoms with Crippen LogP contribution >= 0.6 is 0 Å². The number of allylic oxidation sites excluding steroid dienone is 13. The molecule has 0 saturated carbocycles. The molecule has 6 N–H and O–H groups in total. The molecule has 0 aliphatic carbocycles. The summed E-state index contributed by atoms with van der Waals surface area (Å²) in [5.74, 6) is -1.20. The third-order valence-corrected chi connectivity index (χ3v) is 15.8. The van der Waals surface area contributed by atoms with Crippen molar-refractivity contribution in [2.75, 3.05) is 13.2 Å². The lowest BCUT2D eigenvalue weighted by Crippen LogP contribution is -2.61. The fourth-order valence-electron chi connectivity index (χ4n) is 10.4. The fraction of sp³-hybridized carbons (Fsp3) is 0.778. The van der Waals surface area contributed by atoms with E-state index in [1.165, 1.54) is 154 Å². The summed E-state index contributed by atoms with van der Waals surface area (Å²) in [6.07, 6.45) is 67.7. The Kier molecular flexibility index (Phi) is 55.5. The molecule has 1 rings (SSSR count). The quantitative estimate of drug-likeness (QED) is 0.0149. The van der Waals surface area contributed by atoms with Crippen molar-refractivity contribution >= 4 is 11.9 Å². The van der Waals surface area contributed by atoms with Crippen LogP contribution in [0.2, 0.25) is 0 Å². The molecule has 11 nitrogen and oxygen atoms in total. The molecule has 1 aliphatic rings. The predicted octanol–water partition coefficient (Wildman–Crippen LogP) is 17.3. The van der Waals surface area contributed by atoms with Crippen LogP contribution < -0.4 is 5.32 Å². The minimum absolute atomic E-state index is 0.119. The van der Waals surface area contributed by atoms with Crippen molar-refractivity contribution in [1.82, 2.24) is 5.32 Å². The average Bonchev–Trinajstić information content (AvgIpc) is 3.51. The third-order valence-electron chi connectivity index (χ3n) is 15.8. The molecule has 0 aromatic heterocycles. The SMILES string of the molecule is CC/C=C/C=C/C=C/CCCCCCCCC(O)C(=O)NC(COC1OC(CO)C(O)C(O)C1OC(=O)CCCCCCCCCCCCCCCC/C=C\C/C=C\C/C=C\CCCCC)C(O)/C=C/CCCCCCCCCCCCC. The molecule has 1 aliphatic heterocycles. The summed E-state index contributed by atoms with van der Waals surface area (Å²) in [6.45, 7) is 5.64. The Labute approximate surface area is 508 Å². The maximum absolute atomic E-state index is 13.4. The van der Waals surface area contributed by atoms with E-state index in [1.807, 2.05) is 12.2 Å². The molecule has 0 aromatic carbocycles. The average molecular weight is 1170 g/mol. The first-order chi connectivity index (χ1) is 40.7. The molecule has 8 unspecified atom stereocenters. The van der Waals surface area contributed by atoms with E-state index in [-0.39, 0.29) is 19.4 Å². The number of hydrogen-bond acceptors (Lipinski definition) is 10. The van der Waals surface area contributed by atoms with Gasteiger partial charge in [0, 0.05) is 6.42 Å². The van der Waals surface area contributed by atoms with Gasteiger partial charge in [0.1, 0.15) is 24.4 Å². The van der Waals surface area contributed by atoms with E-state index in [1.54, 1.807) is 6.08 Å². The third kappa shape index (κ3) is 46.7. The van der Waals surface area contributed by atoms with Gasteiger partial charge in [-0.25, -0.2) is 0 Å². The highest BCUT2D eigenvalue weighted by molar-refractivity contribution is 5.80. The van der Waals surface area contributed by atoms with Gasteiger partial charge in [-0.2, -0.15) is 0 Å². The summed E-state index contributed by atoms with van der Waals surface area (Å²) in [6, 6.07) is -1.03. The van der Waals surface area contributed by atoms with Crippen LogP contribution in [0.4, 0.5) is 0 Å². The van der Waals surface area contributed by atoms with E-state index < -0.39 is 67.4 Å². The molecule has 0 aromatic rings. The van der Waals surface area contributed by atoms with Crippen LogP contribution in [0, 0.1) is 0 Å². The van der Waals surface area contributed by atoms with Gasteiger partial charge in [0.15, 0.2) is 12.4 Å². The molecule has 0 bridgehead atoms. The van der Waals surface area contributed by atoms with Crippen LogP contribution in [0.15, 0.2) is 85.1 Å². The van der Waals surface area contributed by atoms with Gasteiger partial charge >= 0.3 is 5.97 Å². The monoisotopic (exact) mass is 1170 g/mol. The molecule has 83 heavy (non-hydrogen) atoms. The van der Waals surface area contributed by atoms with E-state index in [0.29, 0.717) is 12.8 Å². The van der Waals surface area contributed by atoms with Crippen molar-refractivity contribution in [3.8, 4) is 0 Å². The Morgan fingerprint density at radius 2 is 0.916 bits per heavy atom. The maximum Gasteiger partial charge on any atom is 0.306 e. The number of ether oxygens (including phenoxy) is 3. The van der Waals surface area contributed by atoms with Crippen molar-refractivity contribution in [3.63, 3.8) is 0 Å². The number of amides is 1. The molecule has 11 heteroatoms. The predicted molar refractivity (Wildman–Crippen MR) is 347 cm³/mol. The Morgan fingerprint density at radius 1 is 0.494 bits per heavy atom. The first-order valence-corrected chi connectivity index (χ1v) is 34.4. The highest BCUT2D eigenvalue weighted by Crippen LogP contribution is 2.26. The van der Waals surface area contributed by atoms with Gasteiger partial charge in [0.05, 0.1) is 25.4 Å². The van der Waals surface area contributed by atoms with E-state index in [2.05, 4.69) is 92.9 Å². The highest BCUT2D eigenvalue weighted by atomic mass is 16.7. The summed E-state index contributed by atoms with van der Waals surface area (Å²) in [5, 5.41) is 57.1. The van der Waals surface area contributed by atoms with E-state index in [9.17, 15) is 35.1 Å². The summed E-state index contributed by atoms with van der Waals surface area (Å²) in [7, 11) is 0. The summed E-state index contributed by atoms with van der Waals surface area (Å²) >= 11 is 0. The summed E-state index contributed by atoms with van der Waals surface area (Å²) in [5.41, 5.74) is 0. The minimum Gasteiger partial charge on any atom is -0.454 e. The number of nitrogens with one attached hydrogen (secondary N) is 1. The molecule has 0 spiro atoms. The smallest absolute Gasteiger partial charge is 0.306 e. The van der Waals surface area contributed by atoms with Crippen LogP contribution in [0.25, 0.3) is 0 Å². The first kappa shape index (κ1) is 77.9. The number of carbonyl (C=O) groups is 2. The zero-order valence-corrected chi connectivity index (χ0v) is 53.3. The van der Waals surface area contributed by atoms with Gasteiger partial charge in [-0.15, -0.1) is 0 Å². The van der Waals surface area contributed by atoms with E-state index in [0.717, 1.165) is 96.3 Å². The molecule has 1 heterocycles. The molecule has 1 saturated heterocycles. The second kappa shape index (κ2) is 59.2. The van der Waals surface area contributed by atoms with Crippen LogP contribution in [0.1, 0.15) is 297 Å².